The lowest BCUT2D eigenvalue weighted by Gasteiger charge is -2.12. The molecule has 0 aromatic heterocycles. The van der Waals surface area contributed by atoms with E-state index in [1.54, 1.807) is 13.2 Å². The smallest absolute Gasteiger partial charge is 0.249 e. The van der Waals surface area contributed by atoms with Crippen molar-refractivity contribution >= 4 is 5.91 Å². The molecule has 1 amide bonds. The number of ether oxygens (including phenoxy) is 2. The summed E-state index contributed by atoms with van der Waals surface area (Å²) in [5, 5.41) is 2.80. The molecular weight excluding hydrogens is 249 g/mol. The molecule has 0 spiro atoms. The van der Waals surface area contributed by atoms with Gasteiger partial charge < -0.3 is 14.8 Å². The van der Waals surface area contributed by atoms with Gasteiger partial charge in [-0.25, -0.2) is 4.39 Å². The lowest BCUT2D eigenvalue weighted by molar-refractivity contribution is -0.129. The van der Waals surface area contributed by atoms with Crippen molar-refractivity contribution in [2.75, 3.05) is 20.3 Å². The van der Waals surface area contributed by atoms with Crippen LogP contribution in [0.2, 0.25) is 0 Å². The van der Waals surface area contributed by atoms with Crippen molar-refractivity contribution in [1.82, 2.24) is 5.32 Å². The normalized spacial score (nSPS) is 18.3. The third-order valence-electron chi connectivity index (χ3n) is 3.16. The van der Waals surface area contributed by atoms with E-state index in [4.69, 9.17) is 9.47 Å². The number of halogens is 1. The number of rotatable bonds is 5. The molecule has 5 heteroatoms. The van der Waals surface area contributed by atoms with Gasteiger partial charge in [0.2, 0.25) is 5.91 Å². The molecule has 1 aromatic rings. The minimum atomic E-state index is -0.325. The molecule has 2 rings (SSSR count). The van der Waals surface area contributed by atoms with E-state index in [1.807, 2.05) is 0 Å². The van der Waals surface area contributed by atoms with Crippen molar-refractivity contribution in [2.24, 2.45) is 0 Å². The summed E-state index contributed by atoms with van der Waals surface area (Å²) < 4.78 is 23.6. The van der Waals surface area contributed by atoms with E-state index in [0.29, 0.717) is 25.3 Å². The number of nitrogens with one attached hydrogen (secondary N) is 1. The number of methoxy groups -OCH3 is 1. The first-order chi connectivity index (χ1) is 9.20. The molecule has 1 atom stereocenters. The van der Waals surface area contributed by atoms with Crippen molar-refractivity contribution < 1.29 is 18.7 Å². The number of carbonyl (C=O) groups excluding carboxylic acids is 1. The van der Waals surface area contributed by atoms with E-state index in [1.165, 1.54) is 12.1 Å². The summed E-state index contributed by atoms with van der Waals surface area (Å²) in [5.74, 6) is 0.238. The molecular formula is C14H18FNO3. The third-order valence-corrected chi connectivity index (χ3v) is 3.16. The molecule has 104 valence electrons. The molecule has 0 bridgehead atoms. The van der Waals surface area contributed by atoms with Gasteiger partial charge in [-0.2, -0.15) is 0 Å². The van der Waals surface area contributed by atoms with Gasteiger partial charge >= 0.3 is 0 Å². The maximum Gasteiger partial charge on any atom is 0.249 e. The van der Waals surface area contributed by atoms with Gasteiger partial charge in [0.05, 0.1) is 7.11 Å². The Labute approximate surface area is 111 Å². The molecule has 19 heavy (non-hydrogen) atoms. The highest BCUT2D eigenvalue weighted by atomic mass is 19.1. The fourth-order valence-electron chi connectivity index (χ4n) is 2.16. The molecule has 0 radical (unpaired) electrons. The van der Waals surface area contributed by atoms with E-state index < -0.39 is 0 Å². The van der Waals surface area contributed by atoms with Crippen molar-refractivity contribution in [1.29, 1.82) is 0 Å². The molecule has 0 saturated carbocycles. The van der Waals surface area contributed by atoms with Crippen LogP contribution in [0.5, 0.6) is 5.75 Å². The summed E-state index contributed by atoms with van der Waals surface area (Å²) in [6.45, 7) is 1.09. The molecule has 1 saturated heterocycles. The summed E-state index contributed by atoms with van der Waals surface area (Å²) in [7, 11) is 1.54. The molecule has 1 aromatic carbocycles. The Kier molecular flexibility index (Phi) is 4.74. The Balaban J connectivity index is 1.84. The topological polar surface area (TPSA) is 47.6 Å². The monoisotopic (exact) mass is 267 g/mol. The van der Waals surface area contributed by atoms with Gasteiger partial charge in [-0.3, -0.25) is 4.79 Å². The van der Waals surface area contributed by atoms with Gasteiger partial charge in [0.15, 0.2) is 0 Å². The zero-order chi connectivity index (χ0) is 13.7. The van der Waals surface area contributed by atoms with Crippen LogP contribution in [0.25, 0.3) is 0 Å². The SMILES string of the molecule is COc1ccc(F)cc1CCNC(=O)C1CCCO1. The minimum Gasteiger partial charge on any atom is -0.496 e. The summed E-state index contributed by atoms with van der Waals surface area (Å²) in [5.41, 5.74) is 0.746. The standard InChI is InChI=1S/C14H18FNO3/c1-18-12-5-4-11(15)9-10(12)6-7-16-14(17)13-3-2-8-19-13/h4-5,9,13H,2-3,6-8H2,1H3,(H,16,17). The van der Waals surface area contributed by atoms with Crippen LogP contribution < -0.4 is 10.1 Å². The van der Waals surface area contributed by atoms with Crippen LogP contribution in [-0.2, 0) is 16.0 Å². The average Bonchev–Trinajstić information content (AvgIpc) is 2.93. The summed E-state index contributed by atoms with van der Waals surface area (Å²) in [4.78, 5) is 11.7. The second-order valence-corrected chi connectivity index (χ2v) is 4.50. The average molecular weight is 267 g/mol. The predicted octanol–water partition coefficient (Wildman–Crippen LogP) is 1.67. The summed E-state index contributed by atoms with van der Waals surface area (Å²) in [6, 6.07) is 4.37. The van der Waals surface area contributed by atoms with Gasteiger partial charge in [0.25, 0.3) is 0 Å². The summed E-state index contributed by atoms with van der Waals surface area (Å²) in [6.07, 6.45) is 1.90. The first kappa shape index (κ1) is 13.8. The molecule has 1 aliphatic heterocycles. The second kappa shape index (κ2) is 6.52. The largest absolute Gasteiger partial charge is 0.496 e. The highest BCUT2D eigenvalue weighted by molar-refractivity contribution is 5.80. The molecule has 1 aliphatic rings. The summed E-state index contributed by atoms with van der Waals surface area (Å²) >= 11 is 0. The third kappa shape index (κ3) is 3.67. The first-order valence-corrected chi connectivity index (χ1v) is 6.42. The second-order valence-electron chi connectivity index (χ2n) is 4.50. The Morgan fingerprint density at radius 3 is 3.11 bits per heavy atom. The maximum atomic E-state index is 13.2. The number of hydrogen-bond donors (Lipinski definition) is 1. The van der Waals surface area contributed by atoms with E-state index >= 15 is 0 Å². The molecule has 4 nitrogen and oxygen atoms in total. The Morgan fingerprint density at radius 1 is 1.58 bits per heavy atom. The van der Waals surface area contributed by atoms with Gasteiger partial charge in [-0.1, -0.05) is 0 Å². The van der Waals surface area contributed by atoms with Crippen LogP contribution in [0.15, 0.2) is 18.2 Å². The number of amides is 1. The van der Waals surface area contributed by atoms with Crippen LogP contribution in [0.3, 0.4) is 0 Å². The first-order valence-electron chi connectivity index (χ1n) is 6.42. The molecule has 1 unspecified atom stereocenters. The highest BCUT2D eigenvalue weighted by Crippen LogP contribution is 2.19. The van der Waals surface area contributed by atoms with Crippen LogP contribution >= 0.6 is 0 Å². The van der Waals surface area contributed by atoms with E-state index in [-0.39, 0.29) is 17.8 Å². The van der Waals surface area contributed by atoms with Crippen molar-refractivity contribution in [3.63, 3.8) is 0 Å². The van der Waals surface area contributed by atoms with Gasteiger partial charge in [0, 0.05) is 13.2 Å². The maximum absolute atomic E-state index is 13.2. The van der Waals surface area contributed by atoms with Crippen LogP contribution in [0.4, 0.5) is 4.39 Å². The number of benzene rings is 1. The van der Waals surface area contributed by atoms with E-state index in [0.717, 1.165) is 18.4 Å². The zero-order valence-electron chi connectivity index (χ0n) is 10.9. The fraction of sp³-hybridized carbons (Fsp3) is 0.500. The molecule has 1 heterocycles. The van der Waals surface area contributed by atoms with Crippen LogP contribution in [0.1, 0.15) is 18.4 Å². The van der Waals surface area contributed by atoms with Crippen LogP contribution in [-0.4, -0.2) is 32.3 Å². The minimum absolute atomic E-state index is 0.0899. The van der Waals surface area contributed by atoms with E-state index in [9.17, 15) is 9.18 Å². The zero-order valence-corrected chi connectivity index (χ0v) is 10.9. The fourth-order valence-corrected chi connectivity index (χ4v) is 2.16. The van der Waals surface area contributed by atoms with Crippen molar-refractivity contribution in [2.45, 2.75) is 25.4 Å². The van der Waals surface area contributed by atoms with Crippen molar-refractivity contribution in [3.8, 4) is 5.75 Å². The Morgan fingerprint density at radius 2 is 2.42 bits per heavy atom. The van der Waals surface area contributed by atoms with E-state index in [2.05, 4.69) is 5.32 Å². The lowest BCUT2D eigenvalue weighted by Crippen LogP contribution is -2.35. The Bertz CT molecular complexity index is 444. The number of hydrogen-bond acceptors (Lipinski definition) is 3. The molecule has 0 aliphatic carbocycles. The van der Waals surface area contributed by atoms with Gasteiger partial charge in [-0.05, 0) is 43.0 Å². The quantitative estimate of drug-likeness (QED) is 0.883. The lowest BCUT2D eigenvalue weighted by atomic mass is 10.1. The highest BCUT2D eigenvalue weighted by Gasteiger charge is 2.22. The molecule has 1 fully saturated rings. The van der Waals surface area contributed by atoms with Gasteiger partial charge in [0.1, 0.15) is 17.7 Å². The Hall–Kier alpha value is -1.62. The predicted molar refractivity (Wildman–Crippen MR) is 68.6 cm³/mol. The molecule has 1 N–H and O–H groups in total. The number of carbonyl (C=O) groups is 1. The van der Waals surface area contributed by atoms with Crippen LogP contribution in [0, 0.1) is 5.82 Å². The van der Waals surface area contributed by atoms with Crippen molar-refractivity contribution in [3.05, 3.63) is 29.6 Å². The van der Waals surface area contributed by atoms with Gasteiger partial charge in [-0.15, -0.1) is 0 Å².